The lowest BCUT2D eigenvalue weighted by atomic mass is 9.88. The maximum atomic E-state index is 9.46. The minimum atomic E-state index is 0.169. The predicted molar refractivity (Wildman–Crippen MR) is 109 cm³/mol. The average Bonchev–Trinajstić information content (AvgIpc) is 2.81. The molecule has 30 heavy (non-hydrogen) atoms. The van der Waals surface area contributed by atoms with Crippen LogP contribution in [0.2, 0.25) is 0 Å². The molecule has 6 nitrogen and oxygen atoms in total. The Morgan fingerprint density at radius 2 is 0.733 bits per heavy atom. The van der Waals surface area contributed by atoms with Gasteiger partial charge >= 0.3 is 0 Å². The van der Waals surface area contributed by atoms with E-state index < -0.39 is 0 Å². The van der Waals surface area contributed by atoms with Gasteiger partial charge in [0.05, 0.1) is 40.5 Å². The Labute approximate surface area is 170 Å². The molecule has 132 valence electrons. The van der Waals surface area contributed by atoms with Crippen LogP contribution in [-0.2, 0) is 0 Å². The topological polar surface area (TPSA) is 123 Å². The summed E-state index contributed by atoms with van der Waals surface area (Å²) in [6, 6.07) is 19.6. The Balaban J connectivity index is 2.42. The van der Waals surface area contributed by atoms with Crippen LogP contribution in [0.4, 0.5) is 5.69 Å². The summed E-state index contributed by atoms with van der Waals surface area (Å²) in [6.07, 6.45) is 0. The quantitative estimate of drug-likeness (QED) is 0.313. The van der Waals surface area contributed by atoms with Crippen LogP contribution in [0.1, 0.15) is 27.8 Å². The van der Waals surface area contributed by atoms with Crippen molar-refractivity contribution in [2.24, 2.45) is 0 Å². The second-order valence-electron chi connectivity index (χ2n) is 6.47. The molecule has 4 rings (SSSR count). The molecule has 0 radical (unpaired) electrons. The van der Waals surface area contributed by atoms with E-state index >= 15 is 0 Å². The van der Waals surface area contributed by atoms with Crippen molar-refractivity contribution in [3.63, 3.8) is 0 Å². The van der Waals surface area contributed by atoms with Gasteiger partial charge in [-0.2, -0.15) is 26.3 Å². The van der Waals surface area contributed by atoms with E-state index in [1.165, 1.54) is 0 Å². The number of fused-ring (bicyclic) bond motifs is 6. The molecule has 0 aliphatic carbocycles. The molecule has 0 saturated heterocycles. The van der Waals surface area contributed by atoms with Gasteiger partial charge in [-0.25, -0.2) is 4.85 Å². The van der Waals surface area contributed by atoms with E-state index in [1.54, 1.807) is 36.4 Å². The molecule has 4 aromatic carbocycles. The van der Waals surface area contributed by atoms with Crippen LogP contribution in [0.5, 0.6) is 0 Å². The molecule has 0 aliphatic rings. The molecule has 0 aromatic heterocycles. The molecule has 0 atom stereocenters. The van der Waals surface area contributed by atoms with Gasteiger partial charge in [0.15, 0.2) is 0 Å². The summed E-state index contributed by atoms with van der Waals surface area (Å²) in [7, 11) is 0. The van der Waals surface area contributed by atoms with Gasteiger partial charge in [-0.3, -0.25) is 0 Å². The number of hydrogen-bond donors (Lipinski definition) is 0. The zero-order valence-corrected chi connectivity index (χ0v) is 15.1. The minimum absolute atomic E-state index is 0.169. The first-order chi connectivity index (χ1) is 14.6. The van der Waals surface area contributed by atoms with Gasteiger partial charge in [-0.15, -0.1) is 0 Å². The van der Waals surface area contributed by atoms with Crippen LogP contribution >= 0.6 is 0 Å². The summed E-state index contributed by atoms with van der Waals surface area (Å²) < 4.78 is 0. The van der Waals surface area contributed by atoms with E-state index in [0.717, 1.165) is 0 Å². The van der Waals surface area contributed by atoms with E-state index in [2.05, 4.69) is 4.85 Å². The van der Waals surface area contributed by atoms with Crippen LogP contribution in [0.3, 0.4) is 0 Å². The van der Waals surface area contributed by atoms with E-state index in [4.69, 9.17) is 6.57 Å². The molecule has 0 spiro atoms. The molecule has 0 bridgehead atoms. The van der Waals surface area contributed by atoms with Crippen LogP contribution in [0.15, 0.2) is 36.4 Å². The molecular formula is C24H6N6. The highest BCUT2D eigenvalue weighted by Crippen LogP contribution is 2.40. The highest BCUT2D eigenvalue weighted by Gasteiger charge is 2.17. The summed E-state index contributed by atoms with van der Waals surface area (Å²) in [5.41, 5.74) is 1.11. The van der Waals surface area contributed by atoms with Gasteiger partial charge in [0.25, 0.3) is 0 Å². The van der Waals surface area contributed by atoms with Gasteiger partial charge in [0.1, 0.15) is 24.3 Å². The Bertz CT molecular complexity index is 1340. The molecule has 0 saturated carbocycles. The summed E-state index contributed by atoms with van der Waals surface area (Å²) in [5, 5.41) is 51.0. The zero-order valence-electron chi connectivity index (χ0n) is 15.1. The summed E-state index contributed by atoms with van der Waals surface area (Å²) >= 11 is 0. The minimum Gasteiger partial charge on any atom is -0.237 e. The van der Waals surface area contributed by atoms with Crippen molar-refractivity contribution in [1.29, 1.82) is 26.3 Å². The number of rotatable bonds is 0. The highest BCUT2D eigenvalue weighted by molar-refractivity contribution is 6.26. The van der Waals surface area contributed by atoms with Gasteiger partial charge < -0.3 is 0 Å². The molecule has 0 amide bonds. The van der Waals surface area contributed by atoms with Gasteiger partial charge in [-0.1, -0.05) is 0 Å². The first-order valence-electron chi connectivity index (χ1n) is 8.53. The fraction of sp³-hybridized carbons (Fsp3) is 0. The van der Waals surface area contributed by atoms with Crippen molar-refractivity contribution in [2.75, 3.05) is 0 Å². The summed E-state index contributed by atoms with van der Waals surface area (Å²) in [6.45, 7) is 7.39. The van der Waals surface area contributed by atoms with Crippen molar-refractivity contribution in [3.8, 4) is 30.3 Å². The van der Waals surface area contributed by atoms with E-state index in [1.807, 2.05) is 30.3 Å². The smallest absolute Gasteiger partial charge is 0.205 e. The Morgan fingerprint density at radius 1 is 0.467 bits per heavy atom. The summed E-state index contributed by atoms with van der Waals surface area (Å²) in [4.78, 5) is 3.43. The fourth-order valence-corrected chi connectivity index (χ4v) is 3.68. The van der Waals surface area contributed by atoms with Gasteiger partial charge in [-0.05, 0) is 68.7 Å². The third kappa shape index (κ3) is 2.38. The molecule has 0 fully saturated rings. The molecule has 4 aromatic rings. The van der Waals surface area contributed by atoms with Gasteiger partial charge in [0.2, 0.25) is 5.69 Å². The molecule has 0 heterocycles. The first-order valence-corrected chi connectivity index (χ1v) is 8.53. The van der Waals surface area contributed by atoms with Crippen molar-refractivity contribution < 1.29 is 0 Å². The van der Waals surface area contributed by atoms with Crippen molar-refractivity contribution in [3.05, 3.63) is 75.6 Å². The van der Waals surface area contributed by atoms with Crippen LogP contribution in [0.25, 0.3) is 37.2 Å². The lowest BCUT2D eigenvalue weighted by Gasteiger charge is -2.13. The van der Waals surface area contributed by atoms with Crippen molar-refractivity contribution in [1.82, 2.24) is 0 Å². The number of nitriles is 5. The predicted octanol–water partition coefficient (Wildman–Crippen LogP) is 5.06. The Kier molecular flexibility index (Phi) is 3.98. The zero-order chi connectivity index (χ0) is 21.4. The molecular weight excluding hydrogens is 372 g/mol. The second kappa shape index (κ2) is 6.64. The third-order valence-corrected chi connectivity index (χ3v) is 5.04. The van der Waals surface area contributed by atoms with E-state index in [0.29, 0.717) is 32.3 Å². The average molecular weight is 378 g/mol. The van der Waals surface area contributed by atoms with E-state index in [9.17, 15) is 26.3 Å². The maximum Gasteiger partial charge on any atom is 0.205 e. The highest BCUT2D eigenvalue weighted by atomic mass is 14.6. The normalized spacial score (nSPS) is 9.80. The van der Waals surface area contributed by atoms with Crippen molar-refractivity contribution >= 4 is 38.0 Å². The van der Waals surface area contributed by atoms with Gasteiger partial charge in [0, 0.05) is 0 Å². The largest absolute Gasteiger partial charge is 0.237 e. The molecule has 0 N–H and O–H groups in total. The first kappa shape index (κ1) is 18.0. The molecule has 0 unspecified atom stereocenters. The monoisotopic (exact) mass is 378 g/mol. The van der Waals surface area contributed by atoms with Crippen LogP contribution in [-0.4, -0.2) is 0 Å². The fourth-order valence-electron chi connectivity index (χ4n) is 3.68. The number of hydrogen-bond acceptors (Lipinski definition) is 5. The lowest BCUT2D eigenvalue weighted by molar-refractivity contribution is 1.44. The van der Waals surface area contributed by atoms with E-state index in [-0.39, 0.29) is 33.5 Å². The molecule has 0 aliphatic heterocycles. The Hall–Kier alpha value is -5.40. The SMILES string of the molecule is [C-]#[N+]c1cc2c3cc(C#N)c(C#N)cc3c3cc(C#N)c(C#N)cc3c2cc1C#N. The van der Waals surface area contributed by atoms with Crippen LogP contribution < -0.4 is 0 Å². The lowest BCUT2D eigenvalue weighted by Crippen LogP contribution is -1.92. The maximum absolute atomic E-state index is 9.46. The Morgan fingerprint density at radius 3 is 1.00 bits per heavy atom. The standard InChI is InChI=1S/C24H6N6/c1-30-24-7-23-21-5-16(11-28)14(9-26)3-19(21)18-2-13(8-25)15(10-27)4-20(18)22(23)6-17(24)12-29/h2-7H. The second-order valence-corrected chi connectivity index (χ2v) is 6.47. The van der Waals surface area contributed by atoms with Crippen LogP contribution in [0, 0.1) is 63.2 Å². The van der Waals surface area contributed by atoms with Crippen molar-refractivity contribution in [2.45, 2.75) is 0 Å². The number of nitrogens with zero attached hydrogens (tertiary/aromatic N) is 6. The number of benzene rings is 4. The molecule has 6 heteroatoms. The third-order valence-electron chi connectivity index (χ3n) is 5.04. The summed E-state index contributed by atoms with van der Waals surface area (Å²) in [5.74, 6) is 0.